The number of rotatable bonds is 9. The molecule has 5 rings (SSSR count). The van der Waals surface area contributed by atoms with Crippen LogP contribution in [0.4, 0.5) is 0 Å². The zero-order valence-corrected chi connectivity index (χ0v) is 24.4. The molecule has 0 radical (unpaired) electrons. The highest BCUT2D eigenvalue weighted by molar-refractivity contribution is 8.77. The Morgan fingerprint density at radius 2 is 1.76 bits per heavy atom. The van der Waals surface area contributed by atoms with Gasteiger partial charge in [-0.1, -0.05) is 76.2 Å². The third-order valence-electron chi connectivity index (χ3n) is 7.91. The molecule has 2 aromatic carbocycles. The molecule has 2 aromatic rings. The molecule has 3 heterocycles. The van der Waals surface area contributed by atoms with E-state index in [2.05, 4.69) is 5.32 Å². The van der Waals surface area contributed by atoms with Crippen LogP contribution in [0.5, 0.6) is 0 Å². The number of benzene rings is 2. The summed E-state index contributed by atoms with van der Waals surface area (Å²) in [6, 6.07) is 15.2. The van der Waals surface area contributed by atoms with Gasteiger partial charge in [0, 0.05) is 19.5 Å². The molecule has 3 aliphatic rings. The maximum absolute atomic E-state index is 13.9. The molecule has 0 aliphatic carbocycles. The number of nitrogens with zero attached hydrogens (tertiary/aromatic N) is 2. The fourth-order valence-electron chi connectivity index (χ4n) is 5.83. The molecule has 0 spiro atoms. The Balaban J connectivity index is 1.33. The predicted octanol–water partition coefficient (Wildman–Crippen LogP) is 3.09. The normalized spacial score (nSPS) is 23.1. The molecule has 41 heavy (non-hydrogen) atoms. The summed E-state index contributed by atoms with van der Waals surface area (Å²) in [5, 5.41) is 12.4. The minimum atomic E-state index is -1.02. The maximum Gasteiger partial charge on any atom is 0.326 e. The van der Waals surface area contributed by atoms with Gasteiger partial charge >= 0.3 is 5.97 Å². The maximum atomic E-state index is 13.9. The molecular formula is C30H35N3O6S2. The Labute approximate surface area is 247 Å². The minimum Gasteiger partial charge on any atom is -0.480 e. The van der Waals surface area contributed by atoms with Crippen molar-refractivity contribution in [3.05, 3.63) is 71.3 Å². The third-order valence-corrected chi connectivity index (χ3v) is 10.5. The van der Waals surface area contributed by atoms with E-state index in [9.17, 15) is 24.3 Å². The van der Waals surface area contributed by atoms with Crippen molar-refractivity contribution in [2.24, 2.45) is 0 Å². The van der Waals surface area contributed by atoms with E-state index in [4.69, 9.17) is 4.74 Å². The Morgan fingerprint density at radius 1 is 1.02 bits per heavy atom. The summed E-state index contributed by atoms with van der Waals surface area (Å²) in [7, 11) is 2.67. The van der Waals surface area contributed by atoms with Crippen molar-refractivity contribution in [3.63, 3.8) is 0 Å². The largest absolute Gasteiger partial charge is 0.480 e. The van der Waals surface area contributed by atoms with Gasteiger partial charge in [0.1, 0.15) is 12.1 Å². The number of piperidine rings is 1. The van der Waals surface area contributed by atoms with E-state index in [0.717, 1.165) is 16.7 Å². The second-order valence-electron chi connectivity index (χ2n) is 10.5. The van der Waals surface area contributed by atoms with Gasteiger partial charge in [-0.3, -0.25) is 14.4 Å². The van der Waals surface area contributed by atoms with Crippen molar-refractivity contribution >= 4 is 45.3 Å². The van der Waals surface area contributed by atoms with E-state index in [1.165, 1.54) is 26.5 Å². The number of aliphatic carboxylic acids is 1. The summed E-state index contributed by atoms with van der Waals surface area (Å²) in [6.45, 7) is 2.19. The molecular weight excluding hydrogens is 562 g/mol. The lowest BCUT2D eigenvalue weighted by atomic mass is 9.89. The van der Waals surface area contributed by atoms with Crippen molar-refractivity contribution < 1.29 is 29.0 Å². The summed E-state index contributed by atoms with van der Waals surface area (Å²) in [5.74, 6) is -1.44. The number of carbonyl (C=O) groups is 4. The van der Waals surface area contributed by atoms with Gasteiger partial charge in [0.15, 0.2) is 0 Å². The van der Waals surface area contributed by atoms with Crippen LogP contribution in [0.1, 0.15) is 42.0 Å². The fraction of sp³-hybridized carbons (Fsp3) is 0.467. The first-order chi connectivity index (χ1) is 19.9. The second kappa shape index (κ2) is 13.8. The molecule has 9 nitrogen and oxygen atoms in total. The smallest absolute Gasteiger partial charge is 0.326 e. The molecule has 0 bridgehead atoms. The van der Waals surface area contributed by atoms with Gasteiger partial charge in [-0.25, -0.2) is 4.79 Å². The van der Waals surface area contributed by atoms with Crippen LogP contribution in [-0.4, -0.2) is 88.0 Å². The standard InChI is InChI=1S/C30H35N3O6S2/c34-27(32-13-15-39-16-14-32)19-40-41-26(17-20-7-2-1-3-8-20)28(35)31-23-18-21-9-4-5-10-22(21)24-11-6-12-25(30(37)38)33(24)29(23)36/h1-5,7-10,23-26H,6,11-19H2,(H,31,35)(H,37,38). The summed E-state index contributed by atoms with van der Waals surface area (Å²) < 4.78 is 5.33. The number of amides is 3. The quantitative estimate of drug-likeness (QED) is 0.424. The average Bonchev–Trinajstić information content (AvgIpc) is 3.11. The summed E-state index contributed by atoms with van der Waals surface area (Å²) in [4.78, 5) is 55.9. The molecule has 3 aliphatic heterocycles. The number of carboxylic acid groups (broad SMARTS) is 1. The number of carbonyl (C=O) groups excluding carboxylic acids is 3. The Kier molecular flexibility index (Phi) is 9.89. The Hall–Kier alpha value is -3.02. The van der Waals surface area contributed by atoms with Crippen LogP contribution in [-0.2, 0) is 36.8 Å². The van der Waals surface area contributed by atoms with Gasteiger partial charge < -0.3 is 25.0 Å². The van der Waals surface area contributed by atoms with Crippen molar-refractivity contribution in [2.75, 3.05) is 32.1 Å². The van der Waals surface area contributed by atoms with Crippen LogP contribution < -0.4 is 5.32 Å². The topological polar surface area (TPSA) is 116 Å². The van der Waals surface area contributed by atoms with Crippen molar-refractivity contribution in [2.45, 2.75) is 55.5 Å². The van der Waals surface area contributed by atoms with E-state index < -0.39 is 23.3 Å². The van der Waals surface area contributed by atoms with Crippen molar-refractivity contribution in [3.8, 4) is 0 Å². The molecule has 11 heteroatoms. The first-order valence-corrected chi connectivity index (χ1v) is 16.4. The van der Waals surface area contributed by atoms with Crippen LogP contribution >= 0.6 is 21.6 Å². The van der Waals surface area contributed by atoms with E-state index in [1.54, 1.807) is 4.90 Å². The lowest BCUT2D eigenvalue weighted by Gasteiger charge is -2.40. The second-order valence-corrected chi connectivity index (χ2v) is 13.1. The van der Waals surface area contributed by atoms with Gasteiger partial charge in [-0.05, 0) is 42.4 Å². The first kappa shape index (κ1) is 29.5. The number of ether oxygens (including phenoxy) is 1. The lowest BCUT2D eigenvalue weighted by Crippen LogP contribution is -2.56. The molecule has 2 fully saturated rings. The van der Waals surface area contributed by atoms with Crippen LogP contribution in [0, 0.1) is 0 Å². The van der Waals surface area contributed by atoms with Gasteiger partial charge in [-0.2, -0.15) is 0 Å². The highest BCUT2D eigenvalue weighted by Crippen LogP contribution is 2.39. The Morgan fingerprint density at radius 3 is 2.51 bits per heavy atom. The van der Waals surface area contributed by atoms with Gasteiger partial charge in [0.2, 0.25) is 17.7 Å². The monoisotopic (exact) mass is 597 g/mol. The van der Waals surface area contributed by atoms with Crippen LogP contribution in [0.3, 0.4) is 0 Å². The van der Waals surface area contributed by atoms with E-state index in [-0.39, 0.29) is 29.5 Å². The molecule has 0 saturated carbocycles. The number of fused-ring (bicyclic) bond motifs is 3. The number of hydrogen-bond acceptors (Lipinski definition) is 7. The zero-order valence-electron chi connectivity index (χ0n) is 22.8. The van der Waals surface area contributed by atoms with Crippen LogP contribution in [0.2, 0.25) is 0 Å². The Bertz CT molecular complexity index is 1260. The molecule has 218 valence electrons. The molecule has 4 atom stereocenters. The van der Waals surface area contributed by atoms with E-state index >= 15 is 0 Å². The van der Waals surface area contributed by atoms with E-state index in [1.807, 2.05) is 54.6 Å². The molecule has 3 amide bonds. The molecule has 0 aromatic heterocycles. The lowest BCUT2D eigenvalue weighted by molar-refractivity contribution is -0.156. The first-order valence-electron chi connectivity index (χ1n) is 14.0. The van der Waals surface area contributed by atoms with E-state index in [0.29, 0.717) is 58.4 Å². The summed E-state index contributed by atoms with van der Waals surface area (Å²) >= 11 is 0. The van der Waals surface area contributed by atoms with Crippen molar-refractivity contribution in [1.82, 2.24) is 15.1 Å². The summed E-state index contributed by atoms with van der Waals surface area (Å²) in [5.41, 5.74) is 2.87. The number of morpholine rings is 1. The third kappa shape index (κ3) is 7.07. The highest BCUT2D eigenvalue weighted by atomic mass is 33.1. The zero-order chi connectivity index (χ0) is 28.8. The minimum absolute atomic E-state index is 0.0103. The number of carboxylic acids is 1. The molecule has 4 unspecified atom stereocenters. The van der Waals surface area contributed by atoms with Crippen LogP contribution in [0.15, 0.2) is 54.6 Å². The number of hydrogen-bond donors (Lipinski definition) is 2. The predicted molar refractivity (Wildman–Crippen MR) is 158 cm³/mol. The van der Waals surface area contributed by atoms with Gasteiger partial charge in [0.25, 0.3) is 0 Å². The SMILES string of the molecule is O=C(NC1Cc2ccccc2C2CCCC(C(=O)O)N2C1=O)C(Cc1ccccc1)SSCC(=O)N1CCOCC1. The van der Waals surface area contributed by atoms with Gasteiger partial charge in [0.05, 0.1) is 30.3 Å². The molecule has 2 N–H and O–H groups in total. The van der Waals surface area contributed by atoms with Gasteiger partial charge in [-0.15, -0.1) is 0 Å². The van der Waals surface area contributed by atoms with Crippen LogP contribution in [0.25, 0.3) is 0 Å². The molecule has 2 saturated heterocycles. The fourth-order valence-corrected chi connectivity index (χ4v) is 8.23. The van der Waals surface area contributed by atoms with Crippen molar-refractivity contribution in [1.29, 1.82) is 0 Å². The summed E-state index contributed by atoms with van der Waals surface area (Å²) in [6.07, 6.45) is 2.52. The highest BCUT2D eigenvalue weighted by Gasteiger charge is 2.44. The average molecular weight is 598 g/mol. The number of nitrogens with one attached hydrogen (secondary N) is 1.